The van der Waals surface area contributed by atoms with Gasteiger partial charge in [-0.25, -0.2) is 0 Å². The predicted molar refractivity (Wildman–Crippen MR) is 78.9 cm³/mol. The van der Waals surface area contributed by atoms with Crippen LogP contribution in [-0.4, -0.2) is 35.8 Å². The average molecular weight is 277 g/mol. The maximum atomic E-state index is 12.2. The Morgan fingerprint density at radius 3 is 2.30 bits per heavy atom. The molecule has 5 nitrogen and oxygen atoms in total. The molecule has 0 aliphatic heterocycles. The molecular formula is C15H23N3O2. The maximum absolute atomic E-state index is 12.2. The second-order valence-electron chi connectivity index (χ2n) is 5.88. The molecule has 0 bridgehead atoms. The minimum absolute atomic E-state index is 0.00334. The number of benzene rings is 1. The summed E-state index contributed by atoms with van der Waals surface area (Å²) >= 11 is 0. The molecule has 0 unspecified atom stereocenters. The Kier molecular flexibility index (Phi) is 5.27. The van der Waals surface area contributed by atoms with E-state index in [-0.39, 0.29) is 23.9 Å². The topological polar surface area (TPSA) is 75.4 Å². The van der Waals surface area contributed by atoms with Crippen molar-refractivity contribution in [3.63, 3.8) is 0 Å². The Morgan fingerprint density at radius 1 is 1.25 bits per heavy atom. The first-order chi connectivity index (χ1) is 9.20. The van der Waals surface area contributed by atoms with Crippen molar-refractivity contribution in [3.05, 3.63) is 35.9 Å². The molecule has 0 aliphatic carbocycles. The van der Waals surface area contributed by atoms with Gasteiger partial charge >= 0.3 is 0 Å². The number of nitrogens with zero attached hydrogens (tertiary/aromatic N) is 1. The Hall–Kier alpha value is -1.88. The highest BCUT2D eigenvalue weighted by Gasteiger charge is 2.22. The number of hydrogen-bond acceptors (Lipinski definition) is 3. The van der Waals surface area contributed by atoms with Crippen LogP contribution in [-0.2, 0) is 9.59 Å². The minimum atomic E-state index is -0.747. The van der Waals surface area contributed by atoms with E-state index in [1.54, 1.807) is 19.2 Å². The van der Waals surface area contributed by atoms with Crippen LogP contribution in [0, 0.1) is 0 Å². The molecule has 0 fully saturated rings. The zero-order valence-electron chi connectivity index (χ0n) is 12.5. The minimum Gasteiger partial charge on any atom is -0.350 e. The van der Waals surface area contributed by atoms with Gasteiger partial charge < -0.3 is 16.0 Å². The molecule has 0 radical (unpaired) electrons. The fourth-order valence-corrected chi connectivity index (χ4v) is 1.79. The highest BCUT2D eigenvalue weighted by atomic mass is 16.2. The Balaban J connectivity index is 2.61. The Bertz CT molecular complexity index is 466. The number of carbonyl (C=O) groups excluding carboxylic acids is 2. The van der Waals surface area contributed by atoms with Crippen LogP contribution in [0.25, 0.3) is 0 Å². The zero-order chi connectivity index (χ0) is 15.3. The third-order valence-corrected chi connectivity index (χ3v) is 2.70. The molecule has 0 heterocycles. The monoisotopic (exact) mass is 277 g/mol. The molecule has 20 heavy (non-hydrogen) atoms. The van der Waals surface area contributed by atoms with Gasteiger partial charge in [-0.2, -0.15) is 0 Å². The summed E-state index contributed by atoms with van der Waals surface area (Å²) in [7, 11) is 1.58. The number of likely N-dealkylation sites (N-methyl/N-ethyl adjacent to an activating group) is 1. The van der Waals surface area contributed by atoms with Crippen LogP contribution < -0.4 is 11.1 Å². The highest BCUT2D eigenvalue weighted by molar-refractivity contribution is 5.88. The molecule has 0 saturated heterocycles. The summed E-state index contributed by atoms with van der Waals surface area (Å²) in [5, 5.41) is 2.81. The summed E-state index contributed by atoms with van der Waals surface area (Å²) in [5.74, 6) is -0.478. The second-order valence-corrected chi connectivity index (χ2v) is 5.88. The quantitative estimate of drug-likeness (QED) is 0.864. The molecule has 2 amide bonds. The van der Waals surface area contributed by atoms with E-state index in [9.17, 15) is 9.59 Å². The average Bonchev–Trinajstić information content (AvgIpc) is 2.35. The molecule has 110 valence electrons. The van der Waals surface area contributed by atoms with Gasteiger partial charge in [-0.1, -0.05) is 30.3 Å². The van der Waals surface area contributed by atoms with E-state index in [0.717, 1.165) is 5.56 Å². The van der Waals surface area contributed by atoms with Crippen LogP contribution in [0.2, 0.25) is 0 Å². The van der Waals surface area contributed by atoms with E-state index in [1.165, 1.54) is 4.90 Å². The van der Waals surface area contributed by atoms with Crippen LogP contribution in [0.15, 0.2) is 30.3 Å². The fraction of sp³-hybridized carbons (Fsp3) is 0.467. The lowest BCUT2D eigenvalue weighted by Gasteiger charge is -2.25. The number of nitrogens with two attached hydrogens (primary N) is 1. The molecule has 1 aromatic carbocycles. The summed E-state index contributed by atoms with van der Waals surface area (Å²) in [6.07, 6.45) is 0. The Morgan fingerprint density at radius 2 is 1.80 bits per heavy atom. The molecule has 0 aliphatic rings. The van der Waals surface area contributed by atoms with Crippen molar-refractivity contribution in [2.75, 3.05) is 13.6 Å². The van der Waals surface area contributed by atoms with E-state index >= 15 is 0 Å². The van der Waals surface area contributed by atoms with Gasteiger partial charge in [0.25, 0.3) is 0 Å². The van der Waals surface area contributed by atoms with E-state index < -0.39 is 6.04 Å². The molecule has 0 aromatic heterocycles. The van der Waals surface area contributed by atoms with Crippen molar-refractivity contribution in [1.82, 2.24) is 10.2 Å². The van der Waals surface area contributed by atoms with Crippen molar-refractivity contribution in [1.29, 1.82) is 0 Å². The SMILES string of the molecule is CN(CC(=O)NC(C)(C)C)C(=O)[C@H](N)c1ccccc1. The summed E-state index contributed by atoms with van der Waals surface area (Å²) in [6, 6.07) is 8.37. The first-order valence-corrected chi connectivity index (χ1v) is 6.57. The third kappa shape index (κ3) is 5.01. The number of hydrogen-bond donors (Lipinski definition) is 2. The normalized spacial score (nSPS) is 12.7. The summed E-state index contributed by atoms with van der Waals surface area (Å²) < 4.78 is 0. The predicted octanol–water partition coefficient (Wildman–Crippen LogP) is 1.06. The lowest BCUT2D eigenvalue weighted by atomic mass is 10.1. The highest BCUT2D eigenvalue weighted by Crippen LogP contribution is 2.12. The van der Waals surface area contributed by atoms with Gasteiger partial charge in [0, 0.05) is 12.6 Å². The Labute approximate surface area is 120 Å². The van der Waals surface area contributed by atoms with Crippen LogP contribution in [0.5, 0.6) is 0 Å². The van der Waals surface area contributed by atoms with Gasteiger partial charge in [-0.3, -0.25) is 9.59 Å². The largest absolute Gasteiger partial charge is 0.350 e. The van der Waals surface area contributed by atoms with Gasteiger partial charge in [-0.15, -0.1) is 0 Å². The lowest BCUT2D eigenvalue weighted by molar-refractivity contribution is -0.136. The smallest absolute Gasteiger partial charge is 0.244 e. The number of rotatable bonds is 4. The summed E-state index contributed by atoms with van der Waals surface area (Å²) in [6.45, 7) is 5.67. The maximum Gasteiger partial charge on any atom is 0.244 e. The van der Waals surface area contributed by atoms with E-state index in [2.05, 4.69) is 5.32 Å². The zero-order valence-corrected chi connectivity index (χ0v) is 12.5. The molecule has 5 heteroatoms. The van der Waals surface area contributed by atoms with Crippen LogP contribution in [0.3, 0.4) is 0 Å². The van der Waals surface area contributed by atoms with Crippen molar-refractivity contribution in [2.24, 2.45) is 5.73 Å². The first-order valence-electron chi connectivity index (χ1n) is 6.57. The molecule has 3 N–H and O–H groups in total. The van der Waals surface area contributed by atoms with Gasteiger partial charge in [0.1, 0.15) is 6.04 Å². The third-order valence-electron chi connectivity index (χ3n) is 2.70. The van der Waals surface area contributed by atoms with Gasteiger partial charge in [0.05, 0.1) is 6.54 Å². The second kappa shape index (κ2) is 6.52. The lowest BCUT2D eigenvalue weighted by Crippen LogP contribution is -2.47. The molecule has 1 aromatic rings. The standard InChI is InChI=1S/C15H23N3O2/c1-15(2,3)17-12(19)10-18(4)14(20)13(16)11-8-6-5-7-9-11/h5-9,13H,10,16H2,1-4H3,(H,17,19)/t13-/m1/s1. The van der Waals surface area contributed by atoms with Crippen LogP contribution >= 0.6 is 0 Å². The summed E-state index contributed by atoms with van der Waals surface area (Å²) in [5.41, 5.74) is 6.34. The van der Waals surface area contributed by atoms with E-state index in [4.69, 9.17) is 5.73 Å². The van der Waals surface area contributed by atoms with E-state index in [1.807, 2.05) is 39.0 Å². The molecule has 1 rings (SSSR count). The molecular weight excluding hydrogens is 254 g/mol. The molecule has 0 spiro atoms. The van der Waals surface area contributed by atoms with Crippen LogP contribution in [0.4, 0.5) is 0 Å². The van der Waals surface area contributed by atoms with Crippen molar-refractivity contribution >= 4 is 11.8 Å². The molecule has 0 saturated carbocycles. The summed E-state index contributed by atoms with van der Waals surface area (Å²) in [4.78, 5) is 25.3. The first kappa shape index (κ1) is 16.2. The van der Waals surface area contributed by atoms with Gasteiger partial charge in [0.15, 0.2) is 0 Å². The molecule has 1 atom stereocenters. The number of amides is 2. The van der Waals surface area contributed by atoms with Gasteiger partial charge in [-0.05, 0) is 26.3 Å². The number of nitrogens with one attached hydrogen (secondary N) is 1. The number of carbonyl (C=O) groups is 2. The van der Waals surface area contributed by atoms with Crippen molar-refractivity contribution < 1.29 is 9.59 Å². The van der Waals surface area contributed by atoms with Crippen molar-refractivity contribution in [2.45, 2.75) is 32.4 Å². The van der Waals surface area contributed by atoms with Crippen LogP contribution in [0.1, 0.15) is 32.4 Å². The fourth-order valence-electron chi connectivity index (χ4n) is 1.79. The van der Waals surface area contributed by atoms with Gasteiger partial charge in [0.2, 0.25) is 11.8 Å². The van der Waals surface area contributed by atoms with Crippen molar-refractivity contribution in [3.8, 4) is 0 Å². The van der Waals surface area contributed by atoms with E-state index in [0.29, 0.717) is 0 Å².